The maximum absolute atomic E-state index is 5.80. The van der Waals surface area contributed by atoms with Crippen LogP contribution < -0.4 is 10.1 Å². The third-order valence-corrected chi connectivity index (χ3v) is 4.02. The second kappa shape index (κ2) is 9.00. The third kappa shape index (κ3) is 5.64. The Kier molecular flexibility index (Phi) is 6.96. The summed E-state index contributed by atoms with van der Waals surface area (Å²) in [7, 11) is 0. The van der Waals surface area contributed by atoms with Crippen molar-refractivity contribution in [1.82, 2.24) is 15.2 Å². The molecule has 2 rings (SSSR count). The molecule has 0 amide bonds. The van der Waals surface area contributed by atoms with Gasteiger partial charge in [0.25, 0.3) is 0 Å². The van der Waals surface area contributed by atoms with Crippen molar-refractivity contribution in [2.75, 3.05) is 32.8 Å². The molecule has 0 saturated carbocycles. The van der Waals surface area contributed by atoms with Gasteiger partial charge in [0.15, 0.2) is 0 Å². The number of hydrogen-bond donors (Lipinski definition) is 1. The molecule has 0 unspecified atom stereocenters. The number of pyridine rings is 1. The van der Waals surface area contributed by atoms with E-state index >= 15 is 0 Å². The highest BCUT2D eigenvalue weighted by molar-refractivity contribution is 5.24. The molecule has 2 heterocycles. The van der Waals surface area contributed by atoms with E-state index in [1.807, 2.05) is 6.07 Å². The minimum Gasteiger partial charge on any atom is -0.476 e. The molecule has 0 atom stereocenters. The maximum atomic E-state index is 5.80. The standard InChI is InChI=1S/C17H29N3O/c1-3-9-18-14-16-7-8-17(19-15(16)2)21-13-12-20-10-5-4-6-11-20/h7-8,18H,3-6,9-14H2,1-2H3. The normalized spacial score (nSPS) is 16.1. The largest absolute Gasteiger partial charge is 0.476 e. The highest BCUT2D eigenvalue weighted by Crippen LogP contribution is 2.13. The highest BCUT2D eigenvalue weighted by Gasteiger charge is 2.10. The first-order valence-corrected chi connectivity index (χ1v) is 8.32. The zero-order valence-electron chi connectivity index (χ0n) is 13.5. The van der Waals surface area contributed by atoms with Crippen LogP contribution >= 0.6 is 0 Å². The first kappa shape index (κ1) is 16.2. The molecule has 21 heavy (non-hydrogen) atoms. The lowest BCUT2D eigenvalue weighted by molar-refractivity contribution is 0.180. The summed E-state index contributed by atoms with van der Waals surface area (Å²) in [5.41, 5.74) is 2.32. The highest BCUT2D eigenvalue weighted by atomic mass is 16.5. The van der Waals surface area contributed by atoms with E-state index < -0.39 is 0 Å². The van der Waals surface area contributed by atoms with Crippen LogP contribution in [0.5, 0.6) is 5.88 Å². The minimum absolute atomic E-state index is 0.736. The van der Waals surface area contributed by atoms with E-state index in [1.165, 1.54) is 37.9 Å². The van der Waals surface area contributed by atoms with Gasteiger partial charge in [-0.15, -0.1) is 0 Å². The van der Waals surface area contributed by atoms with E-state index in [9.17, 15) is 0 Å². The Morgan fingerprint density at radius 2 is 2.05 bits per heavy atom. The lowest BCUT2D eigenvalue weighted by Gasteiger charge is -2.26. The van der Waals surface area contributed by atoms with Crippen molar-refractivity contribution in [1.29, 1.82) is 0 Å². The lowest BCUT2D eigenvalue weighted by Crippen LogP contribution is -2.33. The van der Waals surface area contributed by atoms with Crippen molar-refractivity contribution in [3.8, 4) is 5.88 Å². The van der Waals surface area contributed by atoms with Crippen LogP contribution in [0.15, 0.2) is 12.1 Å². The number of nitrogens with one attached hydrogen (secondary N) is 1. The molecule has 1 aromatic rings. The van der Waals surface area contributed by atoms with Crippen LogP contribution in [0.1, 0.15) is 43.9 Å². The Morgan fingerprint density at radius 3 is 2.76 bits per heavy atom. The number of aryl methyl sites for hydroxylation is 1. The molecule has 0 radical (unpaired) electrons. The molecule has 1 aromatic heterocycles. The fourth-order valence-electron chi connectivity index (χ4n) is 2.70. The van der Waals surface area contributed by atoms with Gasteiger partial charge in [-0.1, -0.05) is 19.4 Å². The fourth-order valence-corrected chi connectivity index (χ4v) is 2.70. The van der Waals surface area contributed by atoms with E-state index in [2.05, 4.69) is 35.1 Å². The molecule has 1 aliphatic heterocycles. The van der Waals surface area contributed by atoms with Crippen molar-refractivity contribution in [2.45, 2.75) is 46.1 Å². The van der Waals surface area contributed by atoms with Gasteiger partial charge in [0.1, 0.15) is 6.61 Å². The maximum Gasteiger partial charge on any atom is 0.213 e. The number of piperidine rings is 1. The molecular weight excluding hydrogens is 262 g/mol. The molecule has 0 aliphatic carbocycles. The SMILES string of the molecule is CCCNCc1ccc(OCCN2CCCCC2)nc1C. The Bertz CT molecular complexity index is 416. The summed E-state index contributed by atoms with van der Waals surface area (Å²) in [6.45, 7) is 10.4. The Balaban J connectivity index is 1.74. The van der Waals surface area contributed by atoms with Gasteiger partial charge in [0.05, 0.1) is 0 Å². The number of likely N-dealkylation sites (tertiary alicyclic amines) is 1. The third-order valence-electron chi connectivity index (χ3n) is 4.02. The summed E-state index contributed by atoms with van der Waals surface area (Å²) in [6.07, 6.45) is 5.20. The predicted octanol–water partition coefficient (Wildman–Crippen LogP) is 2.75. The Hall–Kier alpha value is -1.13. The number of nitrogens with zero attached hydrogens (tertiary/aromatic N) is 2. The van der Waals surface area contributed by atoms with Crippen molar-refractivity contribution in [2.24, 2.45) is 0 Å². The van der Waals surface area contributed by atoms with Gasteiger partial charge >= 0.3 is 0 Å². The molecule has 0 bridgehead atoms. The number of rotatable bonds is 8. The topological polar surface area (TPSA) is 37.4 Å². The molecule has 1 aliphatic rings. The minimum atomic E-state index is 0.736. The summed E-state index contributed by atoms with van der Waals surface area (Å²) >= 11 is 0. The van der Waals surface area contributed by atoms with Crippen LogP contribution in [0, 0.1) is 6.92 Å². The van der Waals surface area contributed by atoms with E-state index in [0.29, 0.717) is 0 Å². The predicted molar refractivity (Wildman–Crippen MR) is 86.8 cm³/mol. The molecule has 1 fully saturated rings. The van der Waals surface area contributed by atoms with Gasteiger partial charge in [-0.3, -0.25) is 4.90 Å². The smallest absolute Gasteiger partial charge is 0.213 e. The number of ether oxygens (including phenoxy) is 1. The average molecular weight is 291 g/mol. The lowest BCUT2D eigenvalue weighted by atomic mass is 10.1. The van der Waals surface area contributed by atoms with Crippen LogP contribution in [0.25, 0.3) is 0 Å². The summed E-state index contributed by atoms with van der Waals surface area (Å²) in [5.74, 6) is 0.753. The summed E-state index contributed by atoms with van der Waals surface area (Å²) < 4.78 is 5.80. The van der Waals surface area contributed by atoms with Crippen molar-refractivity contribution in [3.05, 3.63) is 23.4 Å². The van der Waals surface area contributed by atoms with Crippen LogP contribution in [0.4, 0.5) is 0 Å². The monoisotopic (exact) mass is 291 g/mol. The molecule has 0 spiro atoms. The van der Waals surface area contributed by atoms with Gasteiger partial charge in [-0.25, -0.2) is 4.98 Å². The number of aromatic nitrogens is 1. The van der Waals surface area contributed by atoms with Crippen molar-refractivity contribution in [3.63, 3.8) is 0 Å². The molecular formula is C17H29N3O. The zero-order valence-corrected chi connectivity index (χ0v) is 13.5. The average Bonchev–Trinajstić information content (AvgIpc) is 2.51. The van der Waals surface area contributed by atoms with Crippen LogP contribution in [0.2, 0.25) is 0 Å². The van der Waals surface area contributed by atoms with E-state index in [0.717, 1.165) is 44.2 Å². The van der Waals surface area contributed by atoms with E-state index in [4.69, 9.17) is 4.74 Å². The molecule has 1 saturated heterocycles. The van der Waals surface area contributed by atoms with Gasteiger partial charge in [-0.05, 0) is 51.4 Å². The summed E-state index contributed by atoms with van der Waals surface area (Å²) in [5, 5.41) is 3.41. The molecule has 4 nitrogen and oxygen atoms in total. The summed E-state index contributed by atoms with van der Waals surface area (Å²) in [4.78, 5) is 7.04. The zero-order chi connectivity index (χ0) is 14.9. The first-order chi connectivity index (χ1) is 10.3. The molecule has 118 valence electrons. The molecule has 0 aromatic carbocycles. The Morgan fingerprint density at radius 1 is 1.24 bits per heavy atom. The van der Waals surface area contributed by atoms with Gasteiger partial charge in [0, 0.05) is 24.8 Å². The fraction of sp³-hybridized carbons (Fsp3) is 0.706. The number of hydrogen-bond acceptors (Lipinski definition) is 4. The van der Waals surface area contributed by atoms with Gasteiger partial charge < -0.3 is 10.1 Å². The first-order valence-electron chi connectivity index (χ1n) is 8.32. The second-order valence-corrected chi connectivity index (χ2v) is 5.82. The molecule has 4 heteroatoms. The van der Waals surface area contributed by atoms with Crippen LogP contribution in [0.3, 0.4) is 0 Å². The molecule has 1 N–H and O–H groups in total. The van der Waals surface area contributed by atoms with Crippen molar-refractivity contribution < 1.29 is 4.74 Å². The van der Waals surface area contributed by atoms with Gasteiger partial charge in [0.2, 0.25) is 5.88 Å². The van der Waals surface area contributed by atoms with Gasteiger partial charge in [-0.2, -0.15) is 0 Å². The van der Waals surface area contributed by atoms with E-state index in [1.54, 1.807) is 0 Å². The van der Waals surface area contributed by atoms with Crippen molar-refractivity contribution >= 4 is 0 Å². The Labute approximate surface area is 128 Å². The van der Waals surface area contributed by atoms with E-state index in [-0.39, 0.29) is 0 Å². The van der Waals surface area contributed by atoms with Crippen LogP contribution in [-0.2, 0) is 6.54 Å². The second-order valence-electron chi connectivity index (χ2n) is 5.82. The quantitative estimate of drug-likeness (QED) is 0.747. The van der Waals surface area contributed by atoms with Crippen LogP contribution in [-0.4, -0.2) is 42.7 Å². The summed E-state index contributed by atoms with van der Waals surface area (Å²) in [6, 6.07) is 4.12.